The maximum atomic E-state index is 11.9. The first kappa shape index (κ1) is 18.5. The van der Waals surface area contributed by atoms with Crippen LogP contribution < -0.4 is 10.6 Å². The number of piperazine rings is 1. The van der Waals surface area contributed by atoms with Crippen LogP contribution in [0.2, 0.25) is 10.0 Å². The quantitative estimate of drug-likeness (QED) is 0.698. The van der Waals surface area contributed by atoms with Crippen molar-refractivity contribution in [3.63, 3.8) is 0 Å². The van der Waals surface area contributed by atoms with Gasteiger partial charge in [-0.25, -0.2) is 4.98 Å². The van der Waals surface area contributed by atoms with Gasteiger partial charge in [0.15, 0.2) is 0 Å². The second-order valence-corrected chi connectivity index (χ2v) is 7.17. The predicted octanol–water partition coefficient (Wildman–Crippen LogP) is 3.02. The van der Waals surface area contributed by atoms with Crippen LogP contribution in [0, 0.1) is 0 Å². The maximum absolute atomic E-state index is 11.9. The van der Waals surface area contributed by atoms with E-state index in [1.54, 1.807) is 18.2 Å². The molecule has 26 heavy (non-hydrogen) atoms. The molecule has 8 heteroatoms. The molecule has 0 atom stereocenters. The molecule has 0 unspecified atom stereocenters. The Kier molecular flexibility index (Phi) is 5.34. The Labute approximate surface area is 161 Å². The highest BCUT2D eigenvalue weighted by Crippen LogP contribution is 2.25. The molecule has 3 N–H and O–H groups in total. The van der Waals surface area contributed by atoms with Crippen molar-refractivity contribution in [1.29, 1.82) is 0 Å². The zero-order valence-corrected chi connectivity index (χ0v) is 15.8. The summed E-state index contributed by atoms with van der Waals surface area (Å²) in [5.41, 5.74) is 2.67. The van der Waals surface area contributed by atoms with Crippen LogP contribution >= 0.6 is 23.2 Å². The summed E-state index contributed by atoms with van der Waals surface area (Å²) in [5, 5.41) is 6.09. The molecule has 1 aromatic carbocycles. The number of carbonyl (C=O) groups is 2. The summed E-state index contributed by atoms with van der Waals surface area (Å²) >= 11 is 12.0. The summed E-state index contributed by atoms with van der Waals surface area (Å²) in [6, 6.07) is 5.43. The largest absolute Gasteiger partial charge is 0.345 e. The van der Waals surface area contributed by atoms with Gasteiger partial charge in [0.2, 0.25) is 5.91 Å². The van der Waals surface area contributed by atoms with Gasteiger partial charge in [0, 0.05) is 12.1 Å². The molecular weight excluding hydrogens is 375 g/mol. The first-order valence-corrected chi connectivity index (χ1v) is 8.91. The molecule has 1 saturated heterocycles. The van der Waals surface area contributed by atoms with E-state index >= 15 is 0 Å². The van der Waals surface area contributed by atoms with E-state index in [9.17, 15) is 9.59 Å². The van der Waals surface area contributed by atoms with Crippen molar-refractivity contribution >= 4 is 41.1 Å². The van der Waals surface area contributed by atoms with Crippen LogP contribution in [0.25, 0.3) is 6.08 Å². The minimum absolute atomic E-state index is 0.0175. The SMILES string of the molecule is CC(C)c1[nH]c(Cc2ccc(Cl)c(Cl)c2)nc1C=C1NC(=O)CNC1=O. The van der Waals surface area contributed by atoms with Crippen molar-refractivity contribution in [1.82, 2.24) is 20.6 Å². The molecule has 2 amide bonds. The number of carbonyl (C=O) groups excluding carboxylic acids is 2. The second kappa shape index (κ2) is 7.51. The van der Waals surface area contributed by atoms with Gasteiger partial charge in [0.05, 0.1) is 22.3 Å². The lowest BCUT2D eigenvalue weighted by Crippen LogP contribution is -2.46. The van der Waals surface area contributed by atoms with Crippen LogP contribution in [-0.4, -0.2) is 28.3 Å². The van der Waals surface area contributed by atoms with Crippen LogP contribution in [0.5, 0.6) is 0 Å². The number of imidazole rings is 1. The van der Waals surface area contributed by atoms with Gasteiger partial charge in [-0.05, 0) is 29.7 Å². The Hall–Kier alpha value is -2.31. The number of rotatable bonds is 4. The highest BCUT2D eigenvalue weighted by atomic mass is 35.5. The van der Waals surface area contributed by atoms with Crippen LogP contribution in [0.15, 0.2) is 23.9 Å². The molecule has 1 aromatic heterocycles. The Morgan fingerprint density at radius 3 is 2.69 bits per heavy atom. The Morgan fingerprint density at radius 1 is 1.23 bits per heavy atom. The van der Waals surface area contributed by atoms with Gasteiger partial charge >= 0.3 is 0 Å². The van der Waals surface area contributed by atoms with Crippen molar-refractivity contribution < 1.29 is 9.59 Å². The number of benzene rings is 1. The third-order valence-electron chi connectivity index (χ3n) is 3.95. The molecule has 0 spiro atoms. The fraction of sp³-hybridized carbons (Fsp3) is 0.278. The molecule has 2 heterocycles. The average molecular weight is 393 g/mol. The van der Waals surface area contributed by atoms with Crippen LogP contribution in [0.1, 0.15) is 42.5 Å². The summed E-state index contributed by atoms with van der Waals surface area (Å²) in [7, 11) is 0. The molecular formula is C18H18Cl2N4O2. The van der Waals surface area contributed by atoms with Gasteiger partial charge in [-0.2, -0.15) is 0 Å². The van der Waals surface area contributed by atoms with Crippen LogP contribution in [0.4, 0.5) is 0 Å². The van der Waals surface area contributed by atoms with E-state index in [0.717, 1.165) is 17.1 Å². The van der Waals surface area contributed by atoms with E-state index in [1.807, 2.05) is 19.9 Å². The topological polar surface area (TPSA) is 86.9 Å². The Balaban J connectivity index is 1.92. The number of H-pyrrole nitrogens is 1. The number of hydrogen-bond acceptors (Lipinski definition) is 3. The second-order valence-electron chi connectivity index (χ2n) is 6.35. The summed E-state index contributed by atoms with van der Waals surface area (Å²) in [6.45, 7) is 4.03. The number of halogens is 2. The van der Waals surface area contributed by atoms with Gasteiger partial charge in [-0.3, -0.25) is 9.59 Å². The molecule has 1 aliphatic rings. The third kappa shape index (κ3) is 4.08. The van der Waals surface area contributed by atoms with Crippen molar-refractivity contribution in [2.75, 3.05) is 6.54 Å². The van der Waals surface area contributed by atoms with E-state index in [-0.39, 0.29) is 30.0 Å². The minimum Gasteiger partial charge on any atom is -0.345 e. The lowest BCUT2D eigenvalue weighted by atomic mass is 10.1. The average Bonchev–Trinajstić information content (AvgIpc) is 2.97. The first-order chi connectivity index (χ1) is 12.3. The van der Waals surface area contributed by atoms with E-state index < -0.39 is 0 Å². The minimum atomic E-state index is -0.326. The van der Waals surface area contributed by atoms with E-state index in [0.29, 0.717) is 22.2 Å². The fourth-order valence-electron chi connectivity index (χ4n) is 2.68. The number of amides is 2. The predicted molar refractivity (Wildman–Crippen MR) is 101 cm³/mol. The lowest BCUT2D eigenvalue weighted by Gasteiger charge is -2.15. The van der Waals surface area contributed by atoms with E-state index in [1.165, 1.54) is 0 Å². The van der Waals surface area contributed by atoms with Crippen LogP contribution in [-0.2, 0) is 16.0 Å². The zero-order chi connectivity index (χ0) is 18.8. The van der Waals surface area contributed by atoms with Gasteiger partial charge in [-0.1, -0.05) is 43.1 Å². The molecule has 136 valence electrons. The molecule has 1 fully saturated rings. The summed E-state index contributed by atoms with van der Waals surface area (Å²) in [5.74, 6) is 0.322. The summed E-state index contributed by atoms with van der Waals surface area (Å²) in [4.78, 5) is 31.3. The normalized spacial score (nSPS) is 16.1. The summed E-state index contributed by atoms with van der Waals surface area (Å²) in [6.07, 6.45) is 2.13. The molecule has 0 radical (unpaired) electrons. The summed E-state index contributed by atoms with van der Waals surface area (Å²) < 4.78 is 0. The van der Waals surface area contributed by atoms with Crippen molar-refractivity contribution in [2.24, 2.45) is 0 Å². The van der Waals surface area contributed by atoms with Gasteiger partial charge in [-0.15, -0.1) is 0 Å². The zero-order valence-electron chi connectivity index (χ0n) is 14.3. The number of hydrogen-bond donors (Lipinski definition) is 3. The molecule has 0 aliphatic carbocycles. The Morgan fingerprint density at radius 2 is 2.00 bits per heavy atom. The third-order valence-corrected chi connectivity index (χ3v) is 4.69. The van der Waals surface area contributed by atoms with Crippen molar-refractivity contribution in [2.45, 2.75) is 26.2 Å². The monoisotopic (exact) mass is 392 g/mol. The molecule has 3 rings (SSSR count). The maximum Gasteiger partial charge on any atom is 0.268 e. The van der Waals surface area contributed by atoms with Crippen molar-refractivity contribution in [3.8, 4) is 0 Å². The molecule has 2 aromatic rings. The van der Waals surface area contributed by atoms with E-state index in [4.69, 9.17) is 23.2 Å². The number of nitrogens with one attached hydrogen (secondary N) is 3. The molecule has 6 nitrogen and oxygen atoms in total. The standard InChI is InChI=1S/C18H18Cl2N4O2/c1-9(2)17-13(7-14-18(26)21-8-16(25)23-14)22-15(24-17)6-10-3-4-11(19)12(20)5-10/h3-5,7,9H,6,8H2,1-2H3,(H,21,26)(H,22,24)(H,23,25). The lowest BCUT2D eigenvalue weighted by molar-refractivity contribution is -0.127. The highest BCUT2D eigenvalue weighted by Gasteiger charge is 2.21. The van der Waals surface area contributed by atoms with Gasteiger partial charge in [0.25, 0.3) is 5.91 Å². The molecule has 1 aliphatic heterocycles. The van der Waals surface area contributed by atoms with Crippen LogP contribution in [0.3, 0.4) is 0 Å². The van der Waals surface area contributed by atoms with Crippen molar-refractivity contribution in [3.05, 3.63) is 56.7 Å². The molecule has 0 bridgehead atoms. The van der Waals surface area contributed by atoms with E-state index in [2.05, 4.69) is 20.6 Å². The van der Waals surface area contributed by atoms with Gasteiger partial charge < -0.3 is 15.6 Å². The first-order valence-electron chi connectivity index (χ1n) is 8.16. The number of aromatic nitrogens is 2. The Bertz CT molecular complexity index is 903. The molecule has 0 saturated carbocycles. The fourth-order valence-corrected chi connectivity index (χ4v) is 3.00. The number of nitrogens with zero attached hydrogens (tertiary/aromatic N) is 1. The van der Waals surface area contributed by atoms with Gasteiger partial charge in [0.1, 0.15) is 11.5 Å². The number of aromatic amines is 1. The smallest absolute Gasteiger partial charge is 0.268 e. The highest BCUT2D eigenvalue weighted by molar-refractivity contribution is 6.42.